The van der Waals surface area contributed by atoms with Crippen molar-refractivity contribution in [2.75, 3.05) is 25.2 Å². The second kappa shape index (κ2) is 6.57. The van der Waals surface area contributed by atoms with Gasteiger partial charge in [-0.25, -0.2) is 4.98 Å². The minimum absolute atomic E-state index is 0.0354. The van der Waals surface area contributed by atoms with Crippen LogP contribution in [-0.4, -0.2) is 31.3 Å². The van der Waals surface area contributed by atoms with Crippen LogP contribution in [0.5, 0.6) is 0 Å². The maximum atomic E-state index is 5.89. The van der Waals surface area contributed by atoms with Crippen molar-refractivity contribution in [3.8, 4) is 0 Å². The van der Waals surface area contributed by atoms with Crippen molar-refractivity contribution in [3.63, 3.8) is 0 Å². The number of anilines is 1. The molecule has 2 atom stereocenters. The van der Waals surface area contributed by atoms with Crippen LogP contribution in [0.1, 0.15) is 32.4 Å². The van der Waals surface area contributed by atoms with Crippen LogP contribution in [-0.2, 0) is 4.74 Å². The van der Waals surface area contributed by atoms with Crippen molar-refractivity contribution >= 4 is 5.82 Å². The highest BCUT2D eigenvalue weighted by Crippen LogP contribution is 2.18. The van der Waals surface area contributed by atoms with Crippen molar-refractivity contribution < 1.29 is 4.74 Å². The van der Waals surface area contributed by atoms with Crippen molar-refractivity contribution in [1.82, 2.24) is 4.98 Å². The highest BCUT2D eigenvalue weighted by molar-refractivity contribution is 5.42. The first-order valence-corrected chi connectivity index (χ1v) is 6.07. The fraction of sp³-hybridized carbons (Fsp3) is 0.615. The van der Waals surface area contributed by atoms with Crippen molar-refractivity contribution in [2.24, 2.45) is 5.73 Å². The van der Waals surface area contributed by atoms with Gasteiger partial charge in [0.25, 0.3) is 0 Å². The molecular weight excluding hydrogens is 214 g/mol. The molecular formula is C13H23N3O. The fourth-order valence-electron chi connectivity index (χ4n) is 1.91. The minimum Gasteiger partial charge on any atom is -0.383 e. The molecule has 0 radical (unpaired) electrons. The van der Waals surface area contributed by atoms with Gasteiger partial charge >= 0.3 is 0 Å². The summed E-state index contributed by atoms with van der Waals surface area (Å²) < 4.78 is 5.19. The smallest absolute Gasteiger partial charge is 0.129 e. The Balaban J connectivity index is 2.91. The first kappa shape index (κ1) is 13.9. The second-order valence-corrected chi connectivity index (χ2v) is 4.33. The lowest BCUT2D eigenvalue weighted by atomic mass is 10.1. The lowest BCUT2D eigenvalue weighted by Gasteiger charge is -2.29. The van der Waals surface area contributed by atoms with Gasteiger partial charge in [0.05, 0.1) is 12.6 Å². The summed E-state index contributed by atoms with van der Waals surface area (Å²) in [4.78, 5) is 6.63. The molecule has 17 heavy (non-hydrogen) atoms. The zero-order chi connectivity index (χ0) is 12.8. The molecule has 2 N–H and O–H groups in total. The number of hydrogen-bond donors (Lipinski definition) is 1. The zero-order valence-electron chi connectivity index (χ0n) is 11.2. The number of nitrogens with zero attached hydrogens (tertiary/aromatic N) is 2. The van der Waals surface area contributed by atoms with E-state index >= 15 is 0 Å². The van der Waals surface area contributed by atoms with Gasteiger partial charge in [0.15, 0.2) is 0 Å². The van der Waals surface area contributed by atoms with Gasteiger partial charge in [-0.3, -0.25) is 0 Å². The molecule has 0 aliphatic heterocycles. The van der Waals surface area contributed by atoms with Crippen LogP contribution >= 0.6 is 0 Å². The van der Waals surface area contributed by atoms with E-state index in [0.717, 1.165) is 17.9 Å². The van der Waals surface area contributed by atoms with Gasteiger partial charge in [-0.2, -0.15) is 0 Å². The van der Waals surface area contributed by atoms with E-state index in [2.05, 4.69) is 29.8 Å². The van der Waals surface area contributed by atoms with Gasteiger partial charge in [0, 0.05) is 25.9 Å². The van der Waals surface area contributed by atoms with Crippen LogP contribution in [0.3, 0.4) is 0 Å². The highest BCUT2D eigenvalue weighted by Gasteiger charge is 2.14. The first-order chi connectivity index (χ1) is 8.10. The predicted molar refractivity (Wildman–Crippen MR) is 71.2 cm³/mol. The van der Waals surface area contributed by atoms with Crippen molar-refractivity contribution in [1.29, 1.82) is 0 Å². The molecule has 0 aromatic carbocycles. The molecule has 1 rings (SSSR count). The van der Waals surface area contributed by atoms with E-state index in [4.69, 9.17) is 10.5 Å². The van der Waals surface area contributed by atoms with Crippen LogP contribution in [0.15, 0.2) is 18.3 Å². The number of nitrogens with two attached hydrogens (primary N) is 1. The Labute approximate surface area is 104 Å². The largest absolute Gasteiger partial charge is 0.383 e. The lowest BCUT2D eigenvalue weighted by Crippen LogP contribution is -2.36. The third kappa shape index (κ3) is 3.68. The summed E-state index contributed by atoms with van der Waals surface area (Å²) in [6.07, 6.45) is 1.82. The standard InChI is InChI=1S/C13H23N3O/c1-5-16(10(2)9-17-4)13-8-12(11(3)14)6-7-15-13/h6-8,10-11H,5,9,14H2,1-4H3/t10?,11-/m1/s1. The molecule has 0 saturated heterocycles. The predicted octanol–water partition coefficient (Wildman–Crippen LogP) is 1.96. The Bertz CT molecular complexity index is 341. The average Bonchev–Trinajstić information content (AvgIpc) is 2.30. The third-order valence-corrected chi connectivity index (χ3v) is 2.87. The summed E-state index contributed by atoms with van der Waals surface area (Å²) in [6, 6.07) is 4.36. The Hall–Kier alpha value is -1.13. The van der Waals surface area contributed by atoms with Gasteiger partial charge < -0.3 is 15.4 Å². The Morgan fingerprint density at radius 2 is 2.18 bits per heavy atom. The van der Waals surface area contributed by atoms with Gasteiger partial charge in [-0.15, -0.1) is 0 Å². The van der Waals surface area contributed by atoms with E-state index in [1.807, 2.05) is 19.2 Å². The summed E-state index contributed by atoms with van der Waals surface area (Å²) in [5, 5.41) is 0. The van der Waals surface area contributed by atoms with Gasteiger partial charge in [-0.05, 0) is 38.5 Å². The Morgan fingerprint density at radius 1 is 1.47 bits per heavy atom. The number of pyridine rings is 1. The van der Waals surface area contributed by atoms with Crippen molar-refractivity contribution in [2.45, 2.75) is 32.9 Å². The number of methoxy groups -OCH3 is 1. The molecule has 0 fully saturated rings. The molecule has 4 nitrogen and oxygen atoms in total. The van der Waals surface area contributed by atoms with E-state index in [1.54, 1.807) is 7.11 Å². The summed E-state index contributed by atoms with van der Waals surface area (Å²) in [5.74, 6) is 0.965. The number of ether oxygens (including phenoxy) is 1. The monoisotopic (exact) mass is 237 g/mol. The number of hydrogen-bond acceptors (Lipinski definition) is 4. The van der Waals surface area contributed by atoms with Crippen molar-refractivity contribution in [3.05, 3.63) is 23.9 Å². The fourth-order valence-corrected chi connectivity index (χ4v) is 1.91. The normalized spacial score (nSPS) is 14.4. The number of likely N-dealkylation sites (N-methyl/N-ethyl adjacent to an activating group) is 1. The molecule has 1 aromatic heterocycles. The molecule has 0 aliphatic carbocycles. The molecule has 0 aliphatic rings. The summed E-state index contributed by atoms with van der Waals surface area (Å²) >= 11 is 0. The van der Waals surface area contributed by atoms with Gasteiger partial charge in [-0.1, -0.05) is 0 Å². The van der Waals surface area contributed by atoms with Crippen LogP contribution in [0.25, 0.3) is 0 Å². The highest BCUT2D eigenvalue weighted by atomic mass is 16.5. The SMILES string of the molecule is CCN(c1cc([C@@H](C)N)ccn1)C(C)COC. The first-order valence-electron chi connectivity index (χ1n) is 6.07. The second-order valence-electron chi connectivity index (χ2n) is 4.33. The van der Waals surface area contributed by atoms with Gasteiger partial charge in [0.2, 0.25) is 0 Å². The van der Waals surface area contributed by atoms with E-state index in [-0.39, 0.29) is 6.04 Å². The van der Waals surface area contributed by atoms with E-state index in [9.17, 15) is 0 Å². The third-order valence-electron chi connectivity index (χ3n) is 2.87. The molecule has 0 bridgehead atoms. The van der Waals surface area contributed by atoms with Gasteiger partial charge in [0.1, 0.15) is 5.82 Å². The van der Waals surface area contributed by atoms with Crippen LogP contribution < -0.4 is 10.6 Å². The maximum Gasteiger partial charge on any atom is 0.129 e. The Morgan fingerprint density at radius 3 is 2.71 bits per heavy atom. The number of aromatic nitrogens is 1. The average molecular weight is 237 g/mol. The molecule has 0 amide bonds. The summed E-state index contributed by atoms with van der Waals surface area (Å²) in [7, 11) is 1.72. The molecule has 96 valence electrons. The maximum absolute atomic E-state index is 5.89. The van der Waals surface area contributed by atoms with Crippen LogP contribution in [0, 0.1) is 0 Å². The van der Waals surface area contributed by atoms with E-state index in [0.29, 0.717) is 12.6 Å². The molecule has 1 aromatic rings. The molecule has 4 heteroatoms. The molecule has 0 saturated carbocycles. The van der Waals surface area contributed by atoms with E-state index < -0.39 is 0 Å². The van der Waals surface area contributed by atoms with E-state index in [1.165, 1.54) is 0 Å². The minimum atomic E-state index is 0.0354. The molecule has 1 heterocycles. The molecule has 0 spiro atoms. The topological polar surface area (TPSA) is 51.4 Å². The Kier molecular flexibility index (Phi) is 5.38. The number of rotatable bonds is 6. The molecule has 1 unspecified atom stereocenters. The summed E-state index contributed by atoms with van der Waals surface area (Å²) in [5.41, 5.74) is 7.00. The van der Waals surface area contributed by atoms with Crippen LogP contribution in [0.4, 0.5) is 5.82 Å². The summed E-state index contributed by atoms with van der Waals surface area (Å²) in [6.45, 7) is 7.82. The quantitative estimate of drug-likeness (QED) is 0.821. The zero-order valence-corrected chi connectivity index (χ0v) is 11.2. The van der Waals surface area contributed by atoms with Crippen LogP contribution in [0.2, 0.25) is 0 Å². The lowest BCUT2D eigenvalue weighted by molar-refractivity contribution is 0.181.